The standard InChI is InChI=1S/C21H36N4O3/c1-6-27-20-11-17(7-8-19(20)26-5)12-23-21(22-4)24-13-18-15-25(9-10-28-18)14-16(2)3/h7-8,11,16,18H,6,9-10,12-15H2,1-5H3,(H2,22,23,24). The molecule has 2 N–H and O–H groups in total. The zero-order chi connectivity index (χ0) is 20.4. The monoisotopic (exact) mass is 392 g/mol. The lowest BCUT2D eigenvalue weighted by molar-refractivity contribution is -0.0284. The van der Waals surface area contributed by atoms with Gasteiger partial charge in [-0.2, -0.15) is 0 Å². The normalized spacial score (nSPS) is 18.2. The molecule has 1 aliphatic rings. The van der Waals surface area contributed by atoms with Gasteiger partial charge in [0.2, 0.25) is 0 Å². The van der Waals surface area contributed by atoms with Crippen molar-refractivity contribution < 1.29 is 14.2 Å². The van der Waals surface area contributed by atoms with Crippen LogP contribution in [0.15, 0.2) is 23.2 Å². The lowest BCUT2D eigenvalue weighted by atomic mass is 10.2. The molecule has 28 heavy (non-hydrogen) atoms. The molecule has 0 amide bonds. The Bertz CT molecular complexity index is 622. The van der Waals surface area contributed by atoms with Crippen molar-refractivity contribution in [1.29, 1.82) is 0 Å². The van der Waals surface area contributed by atoms with Crippen LogP contribution in [0.25, 0.3) is 0 Å². The van der Waals surface area contributed by atoms with E-state index in [0.29, 0.717) is 19.1 Å². The molecule has 0 aromatic heterocycles. The maximum Gasteiger partial charge on any atom is 0.191 e. The SMILES string of the molecule is CCOc1cc(CNC(=NC)NCC2CN(CC(C)C)CCO2)ccc1OC. The number of nitrogens with one attached hydrogen (secondary N) is 2. The van der Waals surface area contributed by atoms with E-state index < -0.39 is 0 Å². The van der Waals surface area contributed by atoms with Gasteiger partial charge in [-0.25, -0.2) is 0 Å². The van der Waals surface area contributed by atoms with E-state index in [0.717, 1.165) is 55.8 Å². The number of rotatable bonds is 9. The molecule has 0 radical (unpaired) electrons. The predicted octanol–water partition coefficient (Wildman–Crippen LogP) is 2.12. The van der Waals surface area contributed by atoms with Gasteiger partial charge < -0.3 is 24.8 Å². The van der Waals surface area contributed by atoms with Crippen molar-refractivity contribution in [2.75, 3.05) is 53.6 Å². The Hall–Kier alpha value is -1.99. The molecule has 1 fully saturated rings. The Morgan fingerprint density at radius 3 is 2.82 bits per heavy atom. The van der Waals surface area contributed by atoms with Crippen LogP contribution in [-0.2, 0) is 11.3 Å². The molecule has 0 spiro atoms. The summed E-state index contributed by atoms with van der Waals surface area (Å²) in [4.78, 5) is 6.79. The van der Waals surface area contributed by atoms with Gasteiger partial charge in [0, 0.05) is 39.8 Å². The number of morpholine rings is 1. The van der Waals surface area contributed by atoms with E-state index in [1.165, 1.54) is 0 Å². The fourth-order valence-corrected chi connectivity index (χ4v) is 3.30. The number of hydrogen-bond acceptors (Lipinski definition) is 5. The zero-order valence-electron chi connectivity index (χ0n) is 18.0. The molecule has 158 valence electrons. The molecule has 1 aromatic rings. The highest BCUT2D eigenvalue weighted by atomic mass is 16.5. The first-order valence-corrected chi connectivity index (χ1v) is 10.1. The van der Waals surface area contributed by atoms with Crippen LogP contribution in [0.5, 0.6) is 11.5 Å². The molecule has 1 unspecified atom stereocenters. The van der Waals surface area contributed by atoms with Crippen LogP contribution in [0.2, 0.25) is 0 Å². The van der Waals surface area contributed by atoms with Gasteiger partial charge in [-0.15, -0.1) is 0 Å². The second-order valence-electron chi connectivity index (χ2n) is 7.37. The van der Waals surface area contributed by atoms with Crippen molar-refractivity contribution in [1.82, 2.24) is 15.5 Å². The number of methoxy groups -OCH3 is 1. The Morgan fingerprint density at radius 1 is 1.32 bits per heavy atom. The molecule has 1 aliphatic heterocycles. The van der Waals surface area contributed by atoms with Crippen LogP contribution in [-0.4, -0.2) is 70.5 Å². The van der Waals surface area contributed by atoms with Crippen molar-refractivity contribution in [3.8, 4) is 11.5 Å². The van der Waals surface area contributed by atoms with Gasteiger partial charge in [-0.1, -0.05) is 19.9 Å². The van der Waals surface area contributed by atoms with Gasteiger partial charge in [0.15, 0.2) is 17.5 Å². The summed E-state index contributed by atoms with van der Waals surface area (Å²) in [5.74, 6) is 2.94. The van der Waals surface area contributed by atoms with Gasteiger partial charge in [0.1, 0.15) is 0 Å². The summed E-state index contributed by atoms with van der Waals surface area (Å²) >= 11 is 0. The van der Waals surface area contributed by atoms with Crippen molar-refractivity contribution in [3.63, 3.8) is 0 Å². The van der Waals surface area contributed by atoms with Gasteiger partial charge in [0.25, 0.3) is 0 Å². The van der Waals surface area contributed by atoms with Crippen molar-refractivity contribution in [3.05, 3.63) is 23.8 Å². The number of aliphatic imine (C=N–C) groups is 1. The highest BCUT2D eigenvalue weighted by Crippen LogP contribution is 2.27. The maximum absolute atomic E-state index is 5.90. The van der Waals surface area contributed by atoms with E-state index in [9.17, 15) is 0 Å². The summed E-state index contributed by atoms with van der Waals surface area (Å²) in [6.07, 6.45) is 0.177. The molecule has 0 saturated carbocycles. The minimum atomic E-state index is 0.177. The second kappa shape index (κ2) is 11.8. The van der Waals surface area contributed by atoms with Crippen LogP contribution < -0.4 is 20.1 Å². The van der Waals surface area contributed by atoms with Gasteiger partial charge >= 0.3 is 0 Å². The molecule has 0 aliphatic carbocycles. The molecule has 2 rings (SSSR count). The third-order valence-corrected chi connectivity index (χ3v) is 4.55. The lowest BCUT2D eigenvalue weighted by Gasteiger charge is -2.34. The molecule has 7 heteroatoms. The van der Waals surface area contributed by atoms with E-state index in [2.05, 4.69) is 34.4 Å². The maximum atomic E-state index is 5.90. The van der Waals surface area contributed by atoms with Gasteiger partial charge in [0.05, 0.1) is 26.4 Å². The van der Waals surface area contributed by atoms with Gasteiger partial charge in [-0.05, 0) is 30.5 Å². The summed E-state index contributed by atoms with van der Waals surface area (Å²) in [6, 6.07) is 5.95. The summed E-state index contributed by atoms with van der Waals surface area (Å²) in [5.41, 5.74) is 1.10. The van der Waals surface area contributed by atoms with Crippen LogP contribution in [0.4, 0.5) is 0 Å². The van der Waals surface area contributed by atoms with Gasteiger partial charge in [-0.3, -0.25) is 9.89 Å². The minimum Gasteiger partial charge on any atom is -0.493 e. The first kappa shape index (κ1) is 22.3. The Morgan fingerprint density at radius 2 is 2.14 bits per heavy atom. The number of hydrogen-bond donors (Lipinski definition) is 2. The summed E-state index contributed by atoms with van der Waals surface area (Å²) in [7, 11) is 3.43. The average molecular weight is 393 g/mol. The number of nitrogens with zero attached hydrogens (tertiary/aromatic N) is 2. The zero-order valence-corrected chi connectivity index (χ0v) is 18.0. The fraction of sp³-hybridized carbons (Fsp3) is 0.667. The largest absolute Gasteiger partial charge is 0.493 e. The number of ether oxygens (including phenoxy) is 3. The number of guanidine groups is 1. The van der Waals surface area contributed by atoms with E-state index >= 15 is 0 Å². The fourth-order valence-electron chi connectivity index (χ4n) is 3.30. The van der Waals surface area contributed by atoms with Crippen molar-refractivity contribution in [2.24, 2.45) is 10.9 Å². The first-order valence-electron chi connectivity index (χ1n) is 10.1. The molecule has 1 saturated heterocycles. The lowest BCUT2D eigenvalue weighted by Crippen LogP contribution is -2.50. The van der Waals surface area contributed by atoms with Crippen LogP contribution in [0, 0.1) is 5.92 Å². The average Bonchev–Trinajstić information content (AvgIpc) is 2.68. The summed E-state index contributed by atoms with van der Waals surface area (Å²) in [6.45, 7) is 12.3. The van der Waals surface area contributed by atoms with Crippen LogP contribution in [0.3, 0.4) is 0 Å². The Balaban J connectivity index is 1.82. The molecule has 1 aromatic carbocycles. The third kappa shape index (κ3) is 7.20. The second-order valence-corrected chi connectivity index (χ2v) is 7.37. The van der Waals surface area contributed by atoms with E-state index in [1.807, 2.05) is 25.1 Å². The Labute approximate surface area is 169 Å². The quantitative estimate of drug-likeness (QED) is 0.496. The predicted molar refractivity (Wildman–Crippen MR) is 113 cm³/mol. The highest BCUT2D eigenvalue weighted by Gasteiger charge is 2.21. The smallest absolute Gasteiger partial charge is 0.191 e. The van der Waals surface area contributed by atoms with E-state index in [-0.39, 0.29) is 6.10 Å². The van der Waals surface area contributed by atoms with E-state index in [1.54, 1.807) is 14.2 Å². The molecule has 1 atom stereocenters. The molecule has 7 nitrogen and oxygen atoms in total. The van der Waals surface area contributed by atoms with Crippen LogP contribution in [0.1, 0.15) is 26.3 Å². The molecule has 1 heterocycles. The van der Waals surface area contributed by atoms with Crippen molar-refractivity contribution in [2.45, 2.75) is 33.4 Å². The number of benzene rings is 1. The summed E-state index contributed by atoms with van der Waals surface area (Å²) in [5, 5.41) is 6.73. The third-order valence-electron chi connectivity index (χ3n) is 4.55. The molecular weight excluding hydrogens is 356 g/mol. The molecule has 0 bridgehead atoms. The topological polar surface area (TPSA) is 67.4 Å². The highest BCUT2D eigenvalue weighted by molar-refractivity contribution is 5.79. The summed E-state index contributed by atoms with van der Waals surface area (Å²) < 4.78 is 16.9. The first-order chi connectivity index (χ1) is 13.5. The van der Waals surface area contributed by atoms with Crippen molar-refractivity contribution >= 4 is 5.96 Å². The Kier molecular flexibility index (Phi) is 9.37. The van der Waals surface area contributed by atoms with E-state index in [4.69, 9.17) is 14.2 Å². The molecular formula is C21H36N4O3. The minimum absolute atomic E-state index is 0.177. The van der Waals surface area contributed by atoms with Crippen LogP contribution >= 0.6 is 0 Å².